The van der Waals surface area contributed by atoms with Crippen LogP contribution < -0.4 is 0 Å². The summed E-state index contributed by atoms with van der Waals surface area (Å²) in [7, 11) is 0. The van der Waals surface area contributed by atoms with Crippen molar-refractivity contribution in [2.45, 2.75) is 40.0 Å². The zero-order valence-electron chi connectivity index (χ0n) is 17.5. The first kappa shape index (κ1) is 21.4. The maximum absolute atomic E-state index is 12.5. The van der Waals surface area contributed by atoms with E-state index in [4.69, 9.17) is 14.2 Å². The molecule has 0 aliphatic carbocycles. The molecule has 3 rings (SSSR count). The van der Waals surface area contributed by atoms with Crippen LogP contribution in [0.5, 0.6) is 0 Å². The summed E-state index contributed by atoms with van der Waals surface area (Å²) in [5.74, 6) is -1.62. The van der Waals surface area contributed by atoms with Crippen LogP contribution in [-0.4, -0.2) is 46.3 Å². The topological polar surface area (TPSA) is 92.5 Å². The lowest BCUT2D eigenvalue weighted by atomic mass is 10.1. The van der Waals surface area contributed by atoms with E-state index in [2.05, 4.69) is 10.3 Å². The third-order valence-electron chi connectivity index (χ3n) is 4.66. The Bertz CT molecular complexity index is 1010. The summed E-state index contributed by atoms with van der Waals surface area (Å²) in [5.41, 5.74) is 4.25. The lowest BCUT2D eigenvalue weighted by Gasteiger charge is -2.23. The van der Waals surface area contributed by atoms with Crippen molar-refractivity contribution in [1.29, 1.82) is 0 Å². The van der Waals surface area contributed by atoms with Crippen LogP contribution in [-0.2, 0) is 23.8 Å². The molecule has 0 N–H and O–H groups in total. The molecule has 0 aliphatic rings. The molecule has 0 amide bonds. The van der Waals surface area contributed by atoms with Crippen LogP contribution in [0.3, 0.4) is 0 Å². The van der Waals surface area contributed by atoms with Gasteiger partial charge < -0.3 is 14.2 Å². The number of benzene rings is 2. The highest BCUT2D eigenvalue weighted by molar-refractivity contribution is 5.98. The Labute approximate surface area is 174 Å². The number of hydrogen-bond acceptors (Lipinski definition) is 7. The van der Waals surface area contributed by atoms with Crippen molar-refractivity contribution in [3.05, 3.63) is 59.2 Å². The maximum atomic E-state index is 12.5. The molecule has 1 heterocycles. The fraction of sp³-hybridized carbons (Fsp3) is 0.364. The van der Waals surface area contributed by atoms with Crippen LogP contribution in [0.4, 0.5) is 0 Å². The van der Waals surface area contributed by atoms with Crippen molar-refractivity contribution in [1.82, 2.24) is 15.0 Å². The molecule has 158 valence electrons. The number of rotatable bonds is 8. The van der Waals surface area contributed by atoms with E-state index in [1.807, 2.05) is 56.3 Å². The van der Waals surface area contributed by atoms with E-state index in [1.165, 1.54) is 0 Å². The van der Waals surface area contributed by atoms with Gasteiger partial charge in [-0.1, -0.05) is 35.5 Å². The summed E-state index contributed by atoms with van der Waals surface area (Å²) in [6.07, 6.45) is -2.45. The first-order chi connectivity index (χ1) is 14.5. The second-order valence-electron chi connectivity index (χ2n) is 6.74. The standard InChI is InChI=1S/C22H25N3O5/c1-5-28-21(26)19(22(27)29-6-2)30-20(16-10-8-7-9-11-16)25-18-13-15(4)14(3)12-17(18)23-24-25/h7-13,19-20H,5-6H2,1-4H3/t20-/m0/s1. The molecule has 1 aromatic heterocycles. The number of nitrogens with zero attached hydrogens (tertiary/aromatic N) is 3. The molecular formula is C22H25N3O5. The number of carbonyl (C=O) groups is 2. The van der Waals surface area contributed by atoms with E-state index in [9.17, 15) is 9.59 Å². The van der Waals surface area contributed by atoms with Crippen LogP contribution >= 0.6 is 0 Å². The third-order valence-corrected chi connectivity index (χ3v) is 4.66. The minimum atomic E-state index is -1.55. The molecule has 0 saturated heterocycles. The Hall–Kier alpha value is -3.26. The van der Waals surface area contributed by atoms with E-state index in [0.717, 1.165) is 16.6 Å². The highest BCUT2D eigenvalue weighted by atomic mass is 16.6. The molecular weight excluding hydrogens is 386 g/mol. The molecule has 30 heavy (non-hydrogen) atoms. The molecule has 0 radical (unpaired) electrons. The average Bonchev–Trinajstić information content (AvgIpc) is 3.12. The summed E-state index contributed by atoms with van der Waals surface area (Å²) in [6, 6.07) is 13.1. The minimum Gasteiger partial charge on any atom is -0.464 e. The molecule has 0 spiro atoms. The summed E-state index contributed by atoms with van der Waals surface area (Å²) < 4.78 is 17.6. The molecule has 3 aromatic rings. The number of hydrogen-bond donors (Lipinski definition) is 0. The van der Waals surface area contributed by atoms with Gasteiger partial charge in [-0.2, -0.15) is 0 Å². The smallest absolute Gasteiger partial charge is 0.347 e. The quantitative estimate of drug-likeness (QED) is 0.415. The largest absolute Gasteiger partial charge is 0.464 e. The molecule has 0 unspecified atom stereocenters. The number of aryl methyl sites for hydroxylation is 2. The Morgan fingerprint density at radius 1 is 0.967 bits per heavy atom. The number of aromatic nitrogens is 3. The fourth-order valence-corrected chi connectivity index (χ4v) is 3.03. The second-order valence-corrected chi connectivity index (χ2v) is 6.74. The van der Waals surface area contributed by atoms with Gasteiger partial charge in [0.2, 0.25) is 0 Å². The summed E-state index contributed by atoms with van der Waals surface area (Å²) in [4.78, 5) is 24.9. The van der Waals surface area contributed by atoms with Crippen molar-refractivity contribution >= 4 is 23.0 Å². The van der Waals surface area contributed by atoms with Gasteiger partial charge in [-0.3, -0.25) is 0 Å². The third kappa shape index (κ3) is 4.49. The van der Waals surface area contributed by atoms with Crippen molar-refractivity contribution in [3.63, 3.8) is 0 Å². The minimum absolute atomic E-state index is 0.110. The second kappa shape index (κ2) is 9.49. The predicted octanol–water partition coefficient (Wildman–Crippen LogP) is 3.11. The van der Waals surface area contributed by atoms with Gasteiger partial charge >= 0.3 is 11.9 Å². The molecule has 0 saturated carbocycles. The van der Waals surface area contributed by atoms with Crippen molar-refractivity contribution in [2.24, 2.45) is 0 Å². The van der Waals surface area contributed by atoms with E-state index in [1.54, 1.807) is 18.5 Å². The summed E-state index contributed by atoms with van der Waals surface area (Å²) in [6.45, 7) is 7.52. The molecule has 8 nitrogen and oxygen atoms in total. The molecule has 0 bridgehead atoms. The number of carbonyl (C=O) groups excluding carboxylic acids is 2. The summed E-state index contributed by atoms with van der Waals surface area (Å²) >= 11 is 0. The number of fused-ring (bicyclic) bond motifs is 1. The lowest BCUT2D eigenvalue weighted by molar-refractivity contribution is -0.179. The summed E-state index contributed by atoms with van der Waals surface area (Å²) in [5, 5.41) is 8.49. The van der Waals surface area contributed by atoms with Gasteiger partial charge in [0.1, 0.15) is 5.52 Å². The van der Waals surface area contributed by atoms with Gasteiger partial charge in [0.15, 0.2) is 6.23 Å². The van der Waals surface area contributed by atoms with E-state index in [-0.39, 0.29) is 13.2 Å². The zero-order chi connectivity index (χ0) is 21.7. The Morgan fingerprint density at radius 2 is 1.57 bits per heavy atom. The van der Waals surface area contributed by atoms with Gasteiger partial charge in [0, 0.05) is 5.56 Å². The first-order valence-corrected chi connectivity index (χ1v) is 9.82. The molecule has 8 heteroatoms. The zero-order valence-corrected chi connectivity index (χ0v) is 17.5. The monoisotopic (exact) mass is 411 g/mol. The van der Waals surface area contributed by atoms with Crippen LogP contribution in [0.2, 0.25) is 0 Å². The van der Waals surface area contributed by atoms with Crippen molar-refractivity contribution < 1.29 is 23.8 Å². The average molecular weight is 411 g/mol. The van der Waals surface area contributed by atoms with Crippen molar-refractivity contribution in [2.75, 3.05) is 13.2 Å². The highest BCUT2D eigenvalue weighted by Crippen LogP contribution is 2.27. The van der Waals surface area contributed by atoms with Gasteiger partial charge in [-0.15, -0.1) is 5.10 Å². The Balaban J connectivity index is 2.08. The molecule has 1 atom stereocenters. The van der Waals surface area contributed by atoms with Crippen LogP contribution in [0, 0.1) is 13.8 Å². The van der Waals surface area contributed by atoms with Gasteiger partial charge in [0.25, 0.3) is 6.10 Å². The Kier molecular flexibility index (Phi) is 6.79. The normalized spacial score (nSPS) is 12.2. The lowest BCUT2D eigenvalue weighted by Crippen LogP contribution is -2.38. The van der Waals surface area contributed by atoms with Gasteiger partial charge in [0.05, 0.1) is 18.7 Å². The SMILES string of the molecule is CCOC(=O)C(O[C@@H](c1ccccc1)n1nnc2cc(C)c(C)cc21)C(=O)OCC. The van der Waals surface area contributed by atoms with E-state index in [0.29, 0.717) is 11.1 Å². The van der Waals surface area contributed by atoms with Crippen LogP contribution in [0.1, 0.15) is 36.8 Å². The number of esters is 2. The Morgan fingerprint density at radius 3 is 2.17 bits per heavy atom. The van der Waals surface area contributed by atoms with Crippen molar-refractivity contribution in [3.8, 4) is 0 Å². The number of ether oxygens (including phenoxy) is 3. The maximum Gasteiger partial charge on any atom is 0.347 e. The van der Waals surface area contributed by atoms with Gasteiger partial charge in [-0.05, 0) is 51.0 Å². The molecule has 2 aromatic carbocycles. The van der Waals surface area contributed by atoms with E-state index < -0.39 is 24.3 Å². The first-order valence-electron chi connectivity index (χ1n) is 9.82. The predicted molar refractivity (Wildman–Crippen MR) is 110 cm³/mol. The van der Waals surface area contributed by atoms with E-state index >= 15 is 0 Å². The highest BCUT2D eigenvalue weighted by Gasteiger charge is 2.35. The molecule has 0 fully saturated rings. The van der Waals surface area contributed by atoms with Crippen LogP contribution in [0.15, 0.2) is 42.5 Å². The fourth-order valence-electron chi connectivity index (χ4n) is 3.03. The van der Waals surface area contributed by atoms with Gasteiger partial charge in [-0.25, -0.2) is 14.3 Å². The van der Waals surface area contributed by atoms with Crippen LogP contribution in [0.25, 0.3) is 11.0 Å². The molecule has 0 aliphatic heterocycles.